The molecule has 0 amide bonds. The molecule has 0 fully saturated rings. The van der Waals surface area contributed by atoms with E-state index in [1.165, 1.54) is 64.2 Å². The Morgan fingerprint density at radius 2 is 1.19 bits per heavy atom. The van der Waals surface area contributed by atoms with Crippen LogP contribution in [0, 0.1) is 0 Å². The molecule has 0 radical (unpaired) electrons. The van der Waals surface area contributed by atoms with Crippen molar-refractivity contribution in [2.45, 2.75) is 91.0 Å². The topological polar surface area (TPSA) is 12.0 Å². The average Bonchev–Trinajstić information content (AvgIpc) is 2.29. The van der Waals surface area contributed by atoms with Crippen LogP contribution in [-0.4, -0.2) is 12.6 Å². The maximum atomic E-state index is 3.63. The van der Waals surface area contributed by atoms with Crippen molar-refractivity contribution in [1.82, 2.24) is 5.32 Å². The fraction of sp³-hybridized carbons (Fsp3) is 1.00. The molecule has 0 saturated heterocycles. The Morgan fingerprint density at radius 1 is 0.688 bits per heavy atom. The minimum Gasteiger partial charge on any atom is -0.314 e. The molecule has 1 atom stereocenters. The maximum Gasteiger partial charge on any atom is 0.00669 e. The van der Waals surface area contributed by atoms with Crippen LogP contribution < -0.4 is 5.32 Å². The maximum absolute atomic E-state index is 3.63. The average molecular weight is 227 g/mol. The molecule has 0 aromatic rings. The number of hydrogen-bond acceptors (Lipinski definition) is 1. The van der Waals surface area contributed by atoms with Gasteiger partial charge < -0.3 is 5.32 Å². The lowest BCUT2D eigenvalue weighted by Gasteiger charge is -2.17. The van der Waals surface area contributed by atoms with Crippen molar-refractivity contribution in [2.75, 3.05) is 6.54 Å². The standard InChI is InChI=1S/C15H33N/c1-4-7-9-10-12-14-15(16-6-3)13-11-8-5-2/h15-16H,4-14H2,1-3H3. The third-order valence-electron chi connectivity index (χ3n) is 3.31. The first kappa shape index (κ1) is 16.0. The van der Waals surface area contributed by atoms with E-state index in [9.17, 15) is 0 Å². The second-order valence-electron chi connectivity index (χ2n) is 4.95. The third kappa shape index (κ3) is 10.5. The molecule has 0 bridgehead atoms. The largest absolute Gasteiger partial charge is 0.314 e. The van der Waals surface area contributed by atoms with Crippen LogP contribution in [0.1, 0.15) is 85.0 Å². The molecule has 16 heavy (non-hydrogen) atoms. The van der Waals surface area contributed by atoms with Gasteiger partial charge >= 0.3 is 0 Å². The number of rotatable bonds is 12. The van der Waals surface area contributed by atoms with Gasteiger partial charge in [-0.05, 0) is 19.4 Å². The van der Waals surface area contributed by atoms with Gasteiger partial charge in [0.25, 0.3) is 0 Å². The number of hydrogen-bond donors (Lipinski definition) is 1. The molecule has 0 aliphatic heterocycles. The first-order valence-electron chi connectivity index (χ1n) is 7.58. The van der Waals surface area contributed by atoms with E-state index in [-0.39, 0.29) is 0 Å². The summed E-state index contributed by atoms with van der Waals surface area (Å²) in [6.45, 7) is 7.93. The zero-order valence-electron chi connectivity index (χ0n) is 11.9. The van der Waals surface area contributed by atoms with Crippen LogP contribution in [0.2, 0.25) is 0 Å². The van der Waals surface area contributed by atoms with Crippen molar-refractivity contribution in [3.63, 3.8) is 0 Å². The van der Waals surface area contributed by atoms with Gasteiger partial charge in [0, 0.05) is 6.04 Å². The van der Waals surface area contributed by atoms with Crippen molar-refractivity contribution < 1.29 is 0 Å². The molecule has 0 spiro atoms. The highest BCUT2D eigenvalue weighted by molar-refractivity contribution is 4.66. The Kier molecular flexibility index (Phi) is 13.0. The highest BCUT2D eigenvalue weighted by Gasteiger charge is 2.05. The van der Waals surface area contributed by atoms with Gasteiger partial charge in [0.2, 0.25) is 0 Å². The number of unbranched alkanes of at least 4 members (excludes halogenated alkanes) is 6. The molecule has 1 unspecified atom stereocenters. The highest BCUT2D eigenvalue weighted by atomic mass is 14.9. The Hall–Kier alpha value is -0.0400. The summed E-state index contributed by atoms with van der Waals surface area (Å²) in [6, 6.07) is 0.790. The molecule has 0 aromatic carbocycles. The summed E-state index contributed by atoms with van der Waals surface area (Å²) in [5.41, 5.74) is 0. The van der Waals surface area contributed by atoms with Crippen LogP contribution >= 0.6 is 0 Å². The first-order valence-corrected chi connectivity index (χ1v) is 7.58. The lowest BCUT2D eigenvalue weighted by molar-refractivity contribution is 0.424. The van der Waals surface area contributed by atoms with Gasteiger partial charge in [-0.3, -0.25) is 0 Å². The molecule has 0 rings (SSSR count). The second kappa shape index (κ2) is 13.0. The van der Waals surface area contributed by atoms with E-state index < -0.39 is 0 Å². The SMILES string of the molecule is CCCCCCCC(CCCCC)NCC. The summed E-state index contributed by atoms with van der Waals surface area (Å²) >= 11 is 0. The Bertz CT molecular complexity index is 123. The van der Waals surface area contributed by atoms with Gasteiger partial charge in [-0.15, -0.1) is 0 Å². The van der Waals surface area contributed by atoms with E-state index in [1.54, 1.807) is 0 Å². The van der Waals surface area contributed by atoms with Crippen molar-refractivity contribution in [1.29, 1.82) is 0 Å². The summed E-state index contributed by atoms with van der Waals surface area (Å²) in [4.78, 5) is 0. The van der Waals surface area contributed by atoms with Crippen molar-refractivity contribution in [3.8, 4) is 0 Å². The summed E-state index contributed by atoms with van der Waals surface area (Å²) in [5, 5.41) is 3.63. The monoisotopic (exact) mass is 227 g/mol. The van der Waals surface area contributed by atoms with Gasteiger partial charge in [-0.25, -0.2) is 0 Å². The fourth-order valence-corrected chi connectivity index (χ4v) is 2.27. The van der Waals surface area contributed by atoms with Crippen LogP contribution in [0.25, 0.3) is 0 Å². The molecule has 0 heterocycles. The lowest BCUT2D eigenvalue weighted by atomic mass is 10.0. The summed E-state index contributed by atoms with van der Waals surface area (Å²) in [7, 11) is 0. The lowest BCUT2D eigenvalue weighted by Crippen LogP contribution is -2.28. The smallest absolute Gasteiger partial charge is 0.00669 e. The molecule has 1 nitrogen and oxygen atoms in total. The highest BCUT2D eigenvalue weighted by Crippen LogP contribution is 2.12. The zero-order chi connectivity index (χ0) is 12.1. The predicted molar refractivity (Wildman–Crippen MR) is 75.0 cm³/mol. The van der Waals surface area contributed by atoms with E-state index in [2.05, 4.69) is 26.1 Å². The van der Waals surface area contributed by atoms with Gasteiger partial charge in [0.1, 0.15) is 0 Å². The molecule has 98 valence electrons. The van der Waals surface area contributed by atoms with Crippen LogP contribution in [0.3, 0.4) is 0 Å². The molecule has 1 N–H and O–H groups in total. The van der Waals surface area contributed by atoms with Crippen molar-refractivity contribution in [3.05, 3.63) is 0 Å². The first-order chi connectivity index (χ1) is 7.85. The Balaban J connectivity index is 3.43. The van der Waals surface area contributed by atoms with Gasteiger partial charge in [0.05, 0.1) is 0 Å². The van der Waals surface area contributed by atoms with Gasteiger partial charge in [0.15, 0.2) is 0 Å². The molecule has 0 saturated carbocycles. The van der Waals surface area contributed by atoms with E-state index >= 15 is 0 Å². The van der Waals surface area contributed by atoms with Crippen molar-refractivity contribution in [2.24, 2.45) is 0 Å². The van der Waals surface area contributed by atoms with Crippen molar-refractivity contribution >= 4 is 0 Å². The molecular formula is C15H33N. The molecule has 0 aromatic heterocycles. The van der Waals surface area contributed by atoms with Crippen LogP contribution in [-0.2, 0) is 0 Å². The third-order valence-corrected chi connectivity index (χ3v) is 3.31. The van der Waals surface area contributed by atoms with E-state index in [0.717, 1.165) is 12.6 Å². The zero-order valence-corrected chi connectivity index (χ0v) is 11.9. The summed E-state index contributed by atoms with van der Waals surface area (Å²) in [6.07, 6.45) is 14.0. The fourth-order valence-electron chi connectivity index (χ4n) is 2.27. The number of nitrogens with one attached hydrogen (secondary N) is 1. The Morgan fingerprint density at radius 3 is 1.75 bits per heavy atom. The Labute approximate surface area is 103 Å². The van der Waals surface area contributed by atoms with E-state index in [1.807, 2.05) is 0 Å². The summed E-state index contributed by atoms with van der Waals surface area (Å²) in [5.74, 6) is 0. The van der Waals surface area contributed by atoms with Gasteiger partial charge in [-0.2, -0.15) is 0 Å². The molecule has 0 aliphatic carbocycles. The molecule has 1 heteroatoms. The summed E-state index contributed by atoms with van der Waals surface area (Å²) < 4.78 is 0. The van der Waals surface area contributed by atoms with Crippen LogP contribution in [0.15, 0.2) is 0 Å². The normalized spacial score (nSPS) is 12.9. The van der Waals surface area contributed by atoms with Crippen LogP contribution in [0.4, 0.5) is 0 Å². The van der Waals surface area contributed by atoms with Gasteiger partial charge in [-0.1, -0.05) is 72.1 Å². The van der Waals surface area contributed by atoms with E-state index in [4.69, 9.17) is 0 Å². The predicted octanol–water partition coefficient (Wildman–Crippen LogP) is 4.91. The minimum absolute atomic E-state index is 0.790. The van der Waals surface area contributed by atoms with E-state index in [0.29, 0.717) is 0 Å². The second-order valence-corrected chi connectivity index (χ2v) is 4.95. The quantitative estimate of drug-likeness (QED) is 0.467. The molecular weight excluding hydrogens is 194 g/mol. The van der Waals surface area contributed by atoms with Crippen LogP contribution in [0.5, 0.6) is 0 Å². The minimum atomic E-state index is 0.790. The molecule has 0 aliphatic rings.